The van der Waals surface area contributed by atoms with Crippen molar-refractivity contribution in [3.05, 3.63) is 108 Å². The molecule has 0 unspecified atom stereocenters. The van der Waals surface area contributed by atoms with E-state index in [-0.39, 0.29) is 17.9 Å². The number of rotatable bonds is 21. The zero-order valence-electron chi connectivity index (χ0n) is 27.0. The van der Waals surface area contributed by atoms with Crippen molar-refractivity contribution >= 4 is 23.8 Å². The molecular weight excluding hydrogens is 578 g/mol. The molecule has 10 nitrogen and oxygen atoms in total. The van der Waals surface area contributed by atoms with E-state index in [9.17, 15) is 4.79 Å². The number of nitrogens with one attached hydrogen (secondary N) is 4. The van der Waals surface area contributed by atoms with Crippen molar-refractivity contribution in [3.8, 4) is 0 Å². The summed E-state index contributed by atoms with van der Waals surface area (Å²) < 4.78 is 11.3. The molecule has 1 amide bonds. The first-order valence-corrected chi connectivity index (χ1v) is 16.2. The summed E-state index contributed by atoms with van der Waals surface area (Å²) in [6.07, 6.45) is 2.82. The minimum atomic E-state index is -0.106. The Morgan fingerprint density at radius 1 is 0.630 bits per heavy atom. The van der Waals surface area contributed by atoms with Crippen molar-refractivity contribution in [1.29, 1.82) is 0 Å². The predicted molar refractivity (Wildman–Crippen MR) is 185 cm³/mol. The van der Waals surface area contributed by atoms with Crippen LogP contribution in [0.1, 0.15) is 60.5 Å². The number of carbonyl (C=O) groups is 1. The molecule has 244 valence electrons. The molecule has 0 atom stereocenters. The minimum Gasteiger partial charge on any atom is -0.377 e. The fourth-order valence-electron chi connectivity index (χ4n) is 4.98. The van der Waals surface area contributed by atoms with Gasteiger partial charge in [-0.2, -0.15) is 15.0 Å². The van der Waals surface area contributed by atoms with Crippen LogP contribution in [0.25, 0.3) is 0 Å². The molecule has 3 aromatic carbocycles. The van der Waals surface area contributed by atoms with Crippen molar-refractivity contribution in [2.75, 3.05) is 62.0 Å². The zero-order valence-corrected chi connectivity index (χ0v) is 27.0. The van der Waals surface area contributed by atoms with Gasteiger partial charge in [0.2, 0.25) is 17.8 Å². The lowest BCUT2D eigenvalue weighted by molar-refractivity contribution is 0.0519. The lowest BCUT2D eigenvalue weighted by Crippen LogP contribution is -2.27. The molecule has 0 bridgehead atoms. The highest BCUT2D eigenvalue weighted by Gasteiger charge is 2.15. The van der Waals surface area contributed by atoms with Gasteiger partial charge in [-0.3, -0.25) is 4.79 Å². The van der Waals surface area contributed by atoms with Gasteiger partial charge in [-0.05, 0) is 42.5 Å². The molecule has 4 rings (SSSR count). The van der Waals surface area contributed by atoms with Crippen LogP contribution in [0.3, 0.4) is 0 Å². The Kier molecular flexibility index (Phi) is 14.8. The average Bonchev–Trinajstić information content (AvgIpc) is 3.11. The van der Waals surface area contributed by atoms with Crippen molar-refractivity contribution < 1.29 is 14.3 Å². The highest BCUT2D eigenvalue weighted by molar-refractivity contribution is 5.94. The number of aromatic nitrogens is 3. The number of nitrogens with zero attached hydrogens (tertiary/aromatic N) is 3. The average molecular weight is 626 g/mol. The van der Waals surface area contributed by atoms with E-state index in [2.05, 4.69) is 98.6 Å². The van der Waals surface area contributed by atoms with Crippen LogP contribution in [0.4, 0.5) is 17.8 Å². The second-order valence-corrected chi connectivity index (χ2v) is 10.8. The third kappa shape index (κ3) is 11.8. The molecule has 0 aliphatic rings. The monoisotopic (exact) mass is 625 g/mol. The summed E-state index contributed by atoms with van der Waals surface area (Å²) in [7, 11) is 0. The molecule has 4 aromatic rings. The van der Waals surface area contributed by atoms with E-state index in [4.69, 9.17) is 9.47 Å². The van der Waals surface area contributed by atoms with Gasteiger partial charge < -0.3 is 30.7 Å². The molecule has 0 radical (unpaired) electrons. The summed E-state index contributed by atoms with van der Waals surface area (Å²) in [6, 6.07) is 30.6. The van der Waals surface area contributed by atoms with Gasteiger partial charge in [-0.1, -0.05) is 92.7 Å². The number of amides is 1. The third-order valence-corrected chi connectivity index (χ3v) is 7.54. The molecule has 0 aliphatic heterocycles. The van der Waals surface area contributed by atoms with Gasteiger partial charge in [0.1, 0.15) is 0 Å². The van der Waals surface area contributed by atoms with Crippen LogP contribution in [0.5, 0.6) is 0 Å². The number of ether oxygens (including phenoxy) is 2. The van der Waals surface area contributed by atoms with Crippen LogP contribution < -0.4 is 21.3 Å². The maximum absolute atomic E-state index is 12.1. The number of hydrogen-bond donors (Lipinski definition) is 4. The van der Waals surface area contributed by atoms with E-state index in [0.717, 1.165) is 19.3 Å². The van der Waals surface area contributed by atoms with Crippen molar-refractivity contribution in [2.24, 2.45) is 0 Å². The van der Waals surface area contributed by atoms with Gasteiger partial charge in [-0.25, -0.2) is 0 Å². The summed E-state index contributed by atoms with van der Waals surface area (Å²) in [5.74, 6) is 1.71. The molecule has 1 aromatic heterocycles. The first kappa shape index (κ1) is 34.3. The van der Waals surface area contributed by atoms with Crippen molar-refractivity contribution in [3.63, 3.8) is 0 Å². The zero-order chi connectivity index (χ0) is 32.2. The standard InChI is InChI=1S/C36H47N7O3/c1-3-31(4-2)40-36-42-34(38-21-20-32(28-14-8-5-9-15-28)29-16-10-6-11-17-29)41-35(43-36)39-23-25-46-27-26-45-24-22-37-33(44)30-18-12-7-13-19-30/h5-19,31-32H,3-4,20-27H2,1-2H3,(H,37,44)(H3,38,39,40,41,42,43). The Morgan fingerprint density at radius 3 is 1.70 bits per heavy atom. The van der Waals surface area contributed by atoms with Gasteiger partial charge in [-0.15, -0.1) is 0 Å². The second kappa shape index (κ2) is 19.8. The molecule has 0 spiro atoms. The van der Waals surface area contributed by atoms with Gasteiger partial charge in [0, 0.05) is 37.2 Å². The quantitative estimate of drug-likeness (QED) is 0.0829. The first-order chi connectivity index (χ1) is 22.7. The van der Waals surface area contributed by atoms with Gasteiger partial charge in [0.15, 0.2) is 0 Å². The number of benzene rings is 3. The van der Waals surface area contributed by atoms with Gasteiger partial charge in [0.05, 0.1) is 26.4 Å². The molecule has 1 heterocycles. The molecular formula is C36H47N7O3. The van der Waals surface area contributed by atoms with E-state index < -0.39 is 0 Å². The summed E-state index contributed by atoms with van der Waals surface area (Å²) in [5, 5.41) is 13.0. The Morgan fingerprint density at radius 2 is 1.13 bits per heavy atom. The largest absolute Gasteiger partial charge is 0.377 e. The summed E-state index contributed by atoms with van der Waals surface area (Å²) in [4.78, 5) is 26.0. The molecule has 4 N–H and O–H groups in total. The smallest absolute Gasteiger partial charge is 0.251 e. The Labute approximate surface area is 272 Å². The minimum absolute atomic E-state index is 0.106. The predicted octanol–water partition coefficient (Wildman–Crippen LogP) is 5.98. The molecule has 0 aliphatic carbocycles. The highest BCUT2D eigenvalue weighted by atomic mass is 16.5. The Bertz CT molecular complexity index is 1370. The van der Waals surface area contributed by atoms with Gasteiger partial charge >= 0.3 is 0 Å². The third-order valence-electron chi connectivity index (χ3n) is 7.54. The Hall–Kier alpha value is -4.54. The lowest BCUT2D eigenvalue weighted by atomic mass is 9.88. The first-order valence-electron chi connectivity index (χ1n) is 16.2. The summed E-state index contributed by atoms with van der Waals surface area (Å²) in [6.45, 7) is 7.75. The molecule has 0 saturated heterocycles. The van der Waals surface area contributed by atoms with E-state index in [0.29, 0.717) is 69.5 Å². The highest BCUT2D eigenvalue weighted by Crippen LogP contribution is 2.27. The van der Waals surface area contributed by atoms with Crippen LogP contribution in [0, 0.1) is 0 Å². The number of carbonyl (C=O) groups excluding carboxylic acids is 1. The topological polar surface area (TPSA) is 122 Å². The summed E-state index contributed by atoms with van der Waals surface area (Å²) >= 11 is 0. The van der Waals surface area contributed by atoms with Crippen LogP contribution in [-0.4, -0.2) is 73.0 Å². The van der Waals surface area contributed by atoms with E-state index in [1.165, 1.54) is 11.1 Å². The number of anilines is 3. The Balaban J connectivity index is 1.22. The molecule has 0 fully saturated rings. The normalized spacial score (nSPS) is 11.0. The van der Waals surface area contributed by atoms with Crippen LogP contribution in [0.15, 0.2) is 91.0 Å². The van der Waals surface area contributed by atoms with Crippen LogP contribution in [-0.2, 0) is 9.47 Å². The summed E-state index contributed by atoms with van der Waals surface area (Å²) in [5.41, 5.74) is 3.20. The second-order valence-electron chi connectivity index (χ2n) is 10.8. The van der Waals surface area contributed by atoms with Crippen LogP contribution in [0.2, 0.25) is 0 Å². The van der Waals surface area contributed by atoms with E-state index in [1.807, 2.05) is 30.3 Å². The van der Waals surface area contributed by atoms with Crippen molar-refractivity contribution in [2.45, 2.75) is 45.1 Å². The maximum atomic E-state index is 12.1. The van der Waals surface area contributed by atoms with Crippen molar-refractivity contribution in [1.82, 2.24) is 20.3 Å². The van der Waals surface area contributed by atoms with Crippen LogP contribution >= 0.6 is 0 Å². The van der Waals surface area contributed by atoms with Gasteiger partial charge in [0.25, 0.3) is 5.91 Å². The lowest BCUT2D eigenvalue weighted by Gasteiger charge is -2.19. The molecule has 0 saturated carbocycles. The molecule has 46 heavy (non-hydrogen) atoms. The number of hydrogen-bond acceptors (Lipinski definition) is 9. The fraction of sp³-hybridized carbons (Fsp3) is 0.389. The molecule has 10 heteroatoms. The van der Waals surface area contributed by atoms with E-state index >= 15 is 0 Å². The SMILES string of the molecule is CCC(CC)Nc1nc(NCCOCCOCCNC(=O)c2ccccc2)nc(NCCC(c2ccccc2)c2ccccc2)n1. The fourth-order valence-corrected chi connectivity index (χ4v) is 4.98. The maximum Gasteiger partial charge on any atom is 0.251 e. The van der Waals surface area contributed by atoms with E-state index in [1.54, 1.807) is 12.1 Å².